The van der Waals surface area contributed by atoms with Crippen LogP contribution in [0.25, 0.3) is 0 Å². The van der Waals surface area contributed by atoms with E-state index in [1.165, 1.54) is 16.7 Å². The average molecular weight is 362 g/mol. The summed E-state index contributed by atoms with van der Waals surface area (Å²) in [7, 11) is 1.68. The van der Waals surface area contributed by atoms with E-state index in [-0.39, 0.29) is 0 Å². The molecule has 3 aromatic carbocycles. The van der Waals surface area contributed by atoms with E-state index in [2.05, 4.69) is 78.1 Å². The molecule has 0 saturated heterocycles. The first-order chi connectivity index (χ1) is 13.3. The van der Waals surface area contributed by atoms with Crippen molar-refractivity contribution in [2.45, 2.75) is 25.9 Å². The molecule has 3 heteroatoms. The van der Waals surface area contributed by atoms with Gasteiger partial charge in [0.25, 0.3) is 0 Å². The molecular formula is C24H28NO2+. The van der Waals surface area contributed by atoms with Crippen LogP contribution in [0.1, 0.15) is 29.7 Å². The minimum Gasteiger partial charge on any atom is -0.493 e. The van der Waals surface area contributed by atoms with Crippen LogP contribution in [-0.4, -0.2) is 13.7 Å². The van der Waals surface area contributed by atoms with Crippen LogP contribution in [0.2, 0.25) is 0 Å². The first-order valence-electron chi connectivity index (χ1n) is 9.52. The molecule has 3 rings (SSSR count). The van der Waals surface area contributed by atoms with Gasteiger partial charge in [0, 0.05) is 17.5 Å². The Bertz CT molecular complexity index is 818. The highest BCUT2D eigenvalue weighted by atomic mass is 16.5. The summed E-state index contributed by atoms with van der Waals surface area (Å²) in [5, 5.41) is 2.40. The number of nitrogens with two attached hydrogens (primary N) is 1. The highest BCUT2D eigenvalue weighted by Crippen LogP contribution is 2.27. The molecule has 0 spiro atoms. The van der Waals surface area contributed by atoms with Crippen molar-refractivity contribution in [3.63, 3.8) is 0 Å². The monoisotopic (exact) mass is 362 g/mol. The van der Waals surface area contributed by atoms with Crippen LogP contribution in [0.5, 0.6) is 11.5 Å². The second-order valence-corrected chi connectivity index (χ2v) is 6.56. The molecule has 0 aliphatic carbocycles. The van der Waals surface area contributed by atoms with Crippen LogP contribution in [0.15, 0.2) is 78.9 Å². The lowest BCUT2D eigenvalue weighted by atomic mass is 9.98. The third-order valence-corrected chi connectivity index (χ3v) is 4.69. The molecule has 0 saturated carbocycles. The summed E-state index contributed by atoms with van der Waals surface area (Å²) in [6.45, 7) is 3.50. The Morgan fingerprint density at radius 1 is 0.815 bits per heavy atom. The van der Waals surface area contributed by atoms with Crippen molar-refractivity contribution in [2.24, 2.45) is 0 Å². The molecule has 2 N–H and O–H groups in total. The Labute approximate surface area is 162 Å². The second-order valence-electron chi connectivity index (χ2n) is 6.56. The van der Waals surface area contributed by atoms with E-state index < -0.39 is 0 Å². The summed E-state index contributed by atoms with van der Waals surface area (Å²) < 4.78 is 11.1. The number of hydrogen-bond donors (Lipinski definition) is 1. The van der Waals surface area contributed by atoms with Crippen molar-refractivity contribution in [3.05, 3.63) is 95.6 Å². The van der Waals surface area contributed by atoms with Crippen molar-refractivity contribution in [3.8, 4) is 11.5 Å². The first-order valence-corrected chi connectivity index (χ1v) is 9.52. The Balaban J connectivity index is 1.75. The van der Waals surface area contributed by atoms with E-state index in [0.717, 1.165) is 24.5 Å². The summed E-state index contributed by atoms with van der Waals surface area (Å²) in [6.07, 6.45) is 0.999. The summed E-state index contributed by atoms with van der Waals surface area (Å²) in [4.78, 5) is 0. The molecule has 0 unspecified atom stereocenters. The molecule has 0 fully saturated rings. The van der Waals surface area contributed by atoms with Gasteiger partial charge in [0.1, 0.15) is 12.6 Å². The smallest absolute Gasteiger partial charge is 0.161 e. The first kappa shape index (κ1) is 19.0. The maximum absolute atomic E-state index is 5.72. The number of rotatable bonds is 9. The van der Waals surface area contributed by atoms with Crippen molar-refractivity contribution in [1.82, 2.24) is 0 Å². The van der Waals surface area contributed by atoms with Gasteiger partial charge in [-0.15, -0.1) is 0 Å². The number of quaternary nitrogens is 1. The molecule has 3 nitrogen and oxygen atoms in total. The largest absolute Gasteiger partial charge is 0.493 e. The van der Waals surface area contributed by atoms with Gasteiger partial charge in [0.05, 0.1) is 13.7 Å². The van der Waals surface area contributed by atoms with Crippen molar-refractivity contribution in [2.75, 3.05) is 13.7 Å². The Kier molecular flexibility index (Phi) is 6.89. The summed E-state index contributed by atoms with van der Waals surface area (Å²) in [5.74, 6) is 1.59. The minimum atomic E-state index is 0.367. The molecule has 1 atom stereocenters. The average Bonchev–Trinajstić information content (AvgIpc) is 2.73. The maximum atomic E-state index is 5.72. The zero-order valence-electron chi connectivity index (χ0n) is 16.1. The van der Waals surface area contributed by atoms with Crippen LogP contribution in [0.3, 0.4) is 0 Å². The van der Waals surface area contributed by atoms with E-state index in [4.69, 9.17) is 9.47 Å². The van der Waals surface area contributed by atoms with Crippen LogP contribution in [-0.2, 0) is 13.0 Å². The fourth-order valence-electron chi connectivity index (χ4n) is 3.30. The fraction of sp³-hybridized carbons (Fsp3) is 0.250. The molecule has 0 amide bonds. The molecule has 0 aliphatic rings. The van der Waals surface area contributed by atoms with Gasteiger partial charge >= 0.3 is 0 Å². The van der Waals surface area contributed by atoms with Crippen molar-refractivity contribution >= 4 is 0 Å². The van der Waals surface area contributed by atoms with Crippen LogP contribution < -0.4 is 14.8 Å². The second kappa shape index (κ2) is 9.79. The molecule has 3 aromatic rings. The third kappa shape index (κ3) is 5.35. The SMILES string of the molecule is CCOc1cc(C[NH2+][C@H](Cc2ccccc2)c2ccccc2)ccc1OC. The minimum absolute atomic E-state index is 0.367. The number of benzene rings is 3. The lowest BCUT2D eigenvalue weighted by Crippen LogP contribution is -2.84. The Morgan fingerprint density at radius 3 is 2.19 bits per heavy atom. The zero-order valence-corrected chi connectivity index (χ0v) is 16.1. The van der Waals surface area contributed by atoms with Gasteiger partial charge < -0.3 is 14.8 Å². The number of ether oxygens (including phenoxy) is 2. The third-order valence-electron chi connectivity index (χ3n) is 4.69. The topological polar surface area (TPSA) is 35.1 Å². The highest BCUT2D eigenvalue weighted by Gasteiger charge is 2.16. The van der Waals surface area contributed by atoms with Gasteiger partial charge in [0.15, 0.2) is 11.5 Å². The lowest BCUT2D eigenvalue weighted by Gasteiger charge is -2.17. The van der Waals surface area contributed by atoms with Gasteiger partial charge in [0.2, 0.25) is 0 Å². The molecule has 0 heterocycles. The molecule has 0 bridgehead atoms. The predicted octanol–water partition coefficient (Wildman–Crippen LogP) is 4.14. The van der Waals surface area contributed by atoms with E-state index in [1.54, 1.807) is 7.11 Å². The maximum Gasteiger partial charge on any atom is 0.161 e. The normalized spacial score (nSPS) is 11.8. The number of hydrogen-bond acceptors (Lipinski definition) is 2. The van der Waals surface area contributed by atoms with Crippen LogP contribution in [0, 0.1) is 0 Å². The van der Waals surface area contributed by atoms with E-state index in [1.807, 2.05) is 13.0 Å². The molecule has 27 heavy (non-hydrogen) atoms. The standard InChI is InChI=1S/C24H27NO2/c1-3-27-24-17-20(14-15-23(24)26-2)18-25-22(21-12-8-5-9-13-21)16-19-10-6-4-7-11-19/h4-15,17,22,25H,3,16,18H2,1-2H3/p+1/t22-/m1/s1. The lowest BCUT2D eigenvalue weighted by molar-refractivity contribution is -0.711. The quantitative estimate of drug-likeness (QED) is 0.621. The summed E-state index contributed by atoms with van der Waals surface area (Å²) >= 11 is 0. The van der Waals surface area contributed by atoms with Gasteiger partial charge in [-0.25, -0.2) is 0 Å². The van der Waals surface area contributed by atoms with Gasteiger partial charge in [-0.05, 0) is 30.7 Å². The number of methoxy groups -OCH3 is 1. The fourth-order valence-corrected chi connectivity index (χ4v) is 3.30. The van der Waals surface area contributed by atoms with Gasteiger partial charge in [-0.3, -0.25) is 0 Å². The molecular weight excluding hydrogens is 334 g/mol. The predicted molar refractivity (Wildman–Crippen MR) is 109 cm³/mol. The molecule has 140 valence electrons. The highest BCUT2D eigenvalue weighted by molar-refractivity contribution is 5.42. The van der Waals surface area contributed by atoms with Crippen molar-refractivity contribution < 1.29 is 14.8 Å². The summed E-state index contributed by atoms with van der Waals surface area (Å²) in [5.41, 5.74) is 3.93. The Hall–Kier alpha value is -2.78. The molecule has 0 aliphatic heterocycles. The van der Waals surface area contributed by atoms with E-state index >= 15 is 0 Å². The summed E-state index contributed by atoms with van der Waals surface area (Å²) in [6, 6.07) is 28.0. The zero-order chi connectivity index (χ0) is 18.9. The van der Waals surface area contributed by atoms with E-state index in [0.29, 0.717) is 12.6 Å². The Morgan fingerprint density at radius 2 is 1.52 bits per heavy atom. The van der Waals surface area contributed by atoms with Crippen molar-refractivity contribution in [1.29, 1.82) is 0 Å². The van der Waals surface area contributed by atoms with E-state index in [9.17, 15) is 0 Å². The van der Waals surface area contributed by atoms with Crippen LogP contribution in [0.4, 0.5) is 0 Å². The molecule has 0 aromatic heterocycles. The molecule has 0 radical (unpaired) electrons. The van der Waals surface area contributed by atoms with Gasteiger partial charge in [-0.2, -0.15) is 0 Å². The van der Waals surface area contributed by atoms with Gasteiger partial charge in [-0.1, -0.05) is 60.7 Å². The van der Waals surface area contributed by atoms with Crippen LogP contribution >= 0.6 is 0 Å².